The summed E-state index contributed by atoms with van der Waals surface area (Å²) in [5.74, 6) is 0. The molecule has 5 heteroatoms. The molecule has 0 aliphatic carbocycles. The largest absolute Gasteiger partial charge is 0.345 e. The monoisotopic (exact) mass is 414 g/mol. The molecule has 4 nitrogen and oxygen atoms in total. The number of anilines is 2. The zero-order chi connectivity index (χ0) is 20.5. The van der Waals surface area contributed by atoms with Gasteiger partial charge in [0.05, 0.1) is 16.9 Å². The van der Waals surface area contributed by atoms with Gasteiger partial charge >= 0.3 is 0 Å². The van der Waals surface area contributed by atoms with Gasteiger partial charge in [0.15, 0.2) is 0 Å². The molecule has 1 aliphatic rings. The Morgan fingerprint density at radius 2 is 1.13 bits per heavy atom. The molecule has 0 spiro atoms. The normalized spacial score (nSPS) is 14.5. The first-order valence-corrected chi connectivity index (χ1v) is 10.6. The maximum atomic E-state index is 7.00. The molecule has 2 heterocycles. The molecule has 1 aliphatic heterocycles. The van der Waals surface area contributed by atoms with E-state index in [1.807, 2.05) is 41.9 Å². The van der Waals surface area contributed by atoms with E-state index in [0.717, 1.165) is 30.0 Å². The average molecular weight is 415 g/mol. The number of rotatable bonds is 4. The highest BCUT2D eigenvalue weighted by atomic mass is 35.5. The smallest absolute Gasteiger partial charge is 0.140 e. The van der Waals surface area contributed by atoms with Crippen LogP contribution in [0, 0.1) is 6.92 Å². The van der Waals surface area contributed by atoms with Gasteiger partial charge < -0.3 is 9.80 Å². The number of hydrogen-bond acceptors (Lipinski definition) is 3. The summed E-state index contributed by atoms with van der Waals surface area (Å²) < 4.78 is 1.84. The molecule has 4 aromatic rings. The van der Waals surface area contributed by atoms with E-state index in [4.69, 9.17) is 16.7 Å². The van der Waals surface area contributed by atoms with Gasteiger partial charge in [-0.05, 0) is 43.3 Å². The van der Waals surface area contributed by atoms with Gasteiger partial charge in [0.2, 0.25) is 0 Å². The van der Waals surface area contributed by atoms with E-state index in [-0.39, 0.29) is 6.17 Å². The zero-order valence-electron chi connectivity index (χ0n) is 16.8. The van der Waals surface area contributed by atoms with Crippen LogP contribution in [0.15, 0.2) is 91.0 Å². The van der Waals surface area contributed by atoms with Crippen molar-refractivity contribution in [2.45, 2.75) is 13.1 Å². The first-order valence-electron chi connectivity index (χ1n) is 10.2. The van der Waals surface area contributed by atoms with Crippen molar-refractivity contribution >= 4 is 23.0 Å². The van der Waals surface area contributed by atoms with Gasteiger partial charge in [0.1, 0.15) is 11.3 Å². The van der Waals surface area contributed by atoms with Crippen LogP contribution in [0.4, 0.5) is 11.4 Å². The summed E-state index contributed by atoms with van der Waals surface area (Å²) in [6.07, 6.45) is -0.0280. The Bertz CT molecular complexity index is 1080. The van der Waals surface area contributed by atoms with Crippen LogP contribution in [0.25, 0.3) is 5.69 Å². The Morgan fingerprint density at radius 1 is 0.700 bits per heavy atom. The Balaban J connectivity index is 1.65. The molecule has 3 aromatic carbocycles. The Hall–Kier alpha value is -3.24. The molecule has 1 fully saturated rings. The quantitative estimate of drug-likeness (QED) is 0.418. The fraction of sp³-hybridized carbons (Fsp3) is 0.160. The van der Waals surface area contributed by atoms with Gasteiger partial charge in [-0.1, -0.05) is 66.2 Å². The lowest BCUT2D eigenvalue weighted by Crippen LogP contribution is -2.31. The van der Waals surface area contributed by atoms with Crippen molar-refractivity contribution in [2.75, 3.05) is 22.9 Å². The Labute approximate surface area is 181 Å². The van der Waals surface area contributed by atoms with Crippen LogP contribution in [-0.4, -0.2) is 22.9 Å². The molecule has 0 unspecified atom stereocenters. The van der Waals surface area contributed by atoms with E-state index < -0.39 is 0 Å². The van der Waals surface area contributed by atoms with Crippen LogP contribution >= 0.6 is 11.6 Å². The van der Waals surface area contributed by atoms with Crippen molar-refractivity contribution < 1.29 is 0 Å². The number of nitrogens with zero attached hydrogens (tertiary/aromatic N) is 4. The molecule has 30 heavy (non-hydrogen) atoms. The molecule has 0 atom stereocenters. The summed E-state index contributed by atoms with van der Waals surface area (Å²) in [6, 6.07) is 31.1. The van der Waals surface area contributed by atoms with Crippen LogP contribution in [0.2, 0.25) is 5.15 Å². The van der Waals surface area contributed by atoms with Crippen molar-refractivity contribution in [3.8, 4) is 5.69 Å². The lowest BCUT2D eigenvalue weighted by atomic mass is 10.1. The number of benzene rings is 3. The standard InChI is InChI=1S/C25H23ClN4/c1-19-23(24(26)30(27-19)22-15-9-4-10-16-22)25-28(20-11-5-2-6-12-20)17-18-29(25)21-13-7-3-8-14-21/h2-16,25H,17-18H2,1H3. The summed E-state index contributed by atoms with van der Waals surface area (Å²) in [7, 11) is 0. The third kappa shape index (κ3) is 3.23. The molecular formula is C25H23ClN4. The third-order valence-electron chi connectivity index (χ3n) is 5.65. The lowest BCUT2D eigenvalue weighted by molar-refractivity contribution is 0.712. The molecule has 0 bridgehead atoms. The third-order valence-corrected chi connectivity index (χ3v) is 6.02. The maximum absolute atomic E-state index is 7.00. The summed E-state index contributed by atoms with van der Waals surface area (Å²) >= 11 is 7.00. The van der Waals surface area contributed by atoms with E-state index in [0.29, 0.717) is 5.15 Å². The van der Waals surface area contributed by atoms with E-state index >= 15 is 0 Å². The molecule has 1 aromatic heterocycles. The first-order chi connectivity index (χ1) is 14.7. The minimum atomic E-state index is -0.0280. The van der Waals surface area contributed by atoms with Gasteiger partial charge in [-0.3, -0.25) is 0 Å². The van der Waals surface area contributed by atoms with Gasteiger partial charge in [-0.15, -0.1) is 0 Å². The van der Waals surface area contributed by atoms with Crippen molar-refractivity contribution in [3.63, 3.8) is 0 Å². The maximum Gasteiger partial charge on any atom is 0.140 e. The van der Waals surface area contributed by atoms with E-state index in [9.17, 15) is 0 Å². The average Bonchev–Trinajstić information content (AvgIpc) is 3.36. The molecule has 1 saturated heterocycles. The fourth-order valence-corrected chi connectivity index (χ4v) is 4.63. The molecule has 0 amide bonds. The van der Waals surface area contributed by atoms with Gasteiger partial charge in [0, 0.05) is 24.5 Å². The van der Waals surface area contributed by atoms with Crippen molar-refractivity contribution in [3.05, 3.63) is 107 Å². The van der Waals surface area contributed by atoms with Crippen LogP contribution in [0.5, 0.6) is 0 Å². The summed E-state index contributed by atoms with van der Waals surface area (Å²) in [5, 5.41) is 5.47. The van der Waals surface area contributed by atoms with E-state index in [1.165, 1.54) is 11.4 Å². The van der Waals surface area contributed by atoms with E-state index in [2.05, 4.69) is 70.5 Å². The number of aromatic nitrogens is 2. The predicted molar refractivity (Wildman–Crippen MR) is 124 cm³/mol. The Morgan fingerprint density at radius 3 is 1.60 bits per heavy atom. The molecule has 0 N–H and O–H groups in total. The molecule has 5 rings (SSSR count). The summed E-state index contributed by atoms with van der Waals surface area (Å²) in [4.78, 5) is 4.83. The second kappa shape index (κ2) is 7.88. The van der Waals surface area contributed by atoms with Crippen LogP contribution < -0.4 is 9.80 Å². The number of aryl methyl sites for hydroxylation is 1. The number of para-hydroxylation sites is 3. The van der Waals surface area contributed by atoms with Crippen molar-refractivity contribution in [2.24, 2.45) is 0 Å². The van der Waals surface area contributed by atoms with Crippen LogP contribution in [-0.2, 0) is 0 Å². The highest BCUT2D eigenvalue weighted by molar-refractivity contribution is 6.30. The van der Waals surface area contributed by atoms with Crippen molar-refractivity contribution in [1.82, 2.24) is 9.78 Å². The van der Waals surface area contributed by atoms with Crippen LogP contribution in [0.3, 0.4) is 0 Å². The topological polar surface area (TPSA) is 24.3 Å². The van der Waals surface area contributed by atoms with Gasteiger partial charge in [-0.25, -0.2) is 4.68 Å². The molecule has 0 radical (unpaired) electrons. The number of hydrogen-bond donors (Lipinski definition) is 0. The van der Waals surface area contributed by atoms with Gasteiger partial charge in [-0.2, -0.15) is 5.10 Å². The molecule has 0 saturated carbocycles. The van der Waals surface area contributed by atoms with Crippen LogP contribution in [0.1, 0.15) is 17.4 Å². The second-order valence-electron chi connectivity index (χ2n) is 7.47. The lowest BCUT2D eigenvalue weighted by Gasteiger charge is -2.33. The minimum Gasteiger partial charge on any atom is -0.345 e. The fourth-order valence-electron chi connectivity index (χ4n) is 4.26. The first kappa shape index (κ1) is 18.8. The summed E-state index contributed by atoms with van der Waals surface area (Å²) in [6.45, 7) is 3.87. The van der Waals surface area contributed by atoms with Gasteiger partial charge in [0.25, 0.3) is 0 Å². The highest BCUT2D eigenvalue weighted by Crippen LogP contribution is 2.41. The molecule has 150 valence electrons. The number of halogens is 1. The minimum absolute atomic E-state index is 0.0280. The van der Waals surface area contributed by atoms with Crippen molar-refractivity contribution in [1.29, 1.82) is 0 Å². The molecular weight excluding hydrogens is 392 g/mol. The Kier molecular flexibility index (Phi) is 4.93. The zero-order valence-corrected chi connectivity index (χ0v) is 17.6. The SMILES string of the molecule is Cc1nn(-c2ccccc2)c(Cl)c1C1N(c2ccccc2)CCN1c1ccccc1. The summed E-state index contributed by atoms with van der Waals surface area (Å²) in [5.41, 5.74) is 5.32. The predicted octanol–water partition coefficient (Wildman–Crippen LogP) is 5.86. The highest BCUT2D eigenvalue weighted by Gasteiger charge is 2.37. The van der Waals surface area contributed by atoms with E-state index in [1.54, 1.807) is 0 Å². The second-order valence-corrected chi connectivity index (χ2v) is 7.83.